The molecular formula is C15H16Cl2N4O3. The highest BCUT2D eigenvalue weighted by Gasteiger charge is 2.31. The Labute approximate surface area is 149 Å². The molecule has 0 radical (unpaired) electrons. The fraction of sp³-hybridized carbons (Fsp3) is 0.400. The smallest absolute Gasteiger partial charge is 0.252 e. The molecule has 128 valence electrons. The maximum absolute atomic E-state index is 12.1. The number of carbonyl (C=O) groups is 2. The minimum absolute atomic E-state index is 0.0569. The van der Waals surface area contributed by atoms with E-state index in [0.717, 1.165) is 0 Å². The maximum atomic E-state index is 12.1. The number of anilines is 1. The van der Waals surface area contributed by atoms with Gasteiger partial charge in [0.05, 0.1) is 30.3 Å². The molecule has 7 nitrogen and oxygen atoms in total. The summed E-state index contributed by atoms with van der Waals surface area (Å²) < 4.78 is 5.27. The lowest BCUT2D eigenvalue weighted by Crippen LogP contribution is -2.46. The molecule has 2 amide bonds. The normalized spacial score (nSPS) is 20.6. The second-order valence-corrected chi connectivity index (χ2v) is 6.28. The molecule has 3 rings (SSSR count). The molecule has 0 aromatic heterocycles. The van der Waals surface area contributed by atoms with Crippen molar-refractivity contribution in [2.75, 3.05) is 31.6 Å². The highest BCUT2D eigenvalue weighted by atomic mass is 35.5. The Morgan fingerprint density at radius 1 is 1.38 bits per heavy atom. The highest BCUT2D eigenvalue weighted by molar-refractivity contribution is 6.36. The van der Waals surface area contributed by atoms with Crippen LogP contribution in [0, 0.1) is 0 Å². The summed E-state index contributed by atoms with van der Waals surface area (Å²) in [6, 6.07) is 4.03. The standard InChI is InChI=1S/C15H16Cl2N4O3/c16-9-1-2-11(10(17)7-9)18-13(22)8-12-14(23)20-15(19-12)21-3-5-24-6-4-21/h1-2,7,12H,3-6,8H2,(H,18,22)(H,19,20,23)/t12-/m0/s1. The van der Waals surface area contributed by atoms with Gasteiger partial charge >= 0.3 is 0 Å². The number of guanidine groups is 1. The van der Waals surface area contributed by atoms with Gasteiger partial charge in [-0.2, -0.15) is 0 Å². The van der Waals surface area contributed by atoms with Crippen molar-refractivity contribution < 1.29 is 14.3 Å². The van der Waals surface area contributed by atoms with Crippen LogP contribution in [0.1, 0.15) is 6.42 Å². The molecule has 2 heterocycles. The molecule has 0 unspecified atom stereocenters. The summed E-state index contributed by atoms with van der Waals surface area (Å²) in [6.07, 6.45) is -0.0569. The van der Waals surface area contributed by atoms with E-state index in [1.54, 1.807) is 12.1 Å². The van der Waals surface area contributed by atoms with Crippen LogP contribution in [-0.2, 0) is 14.3 Å². The Morgan fingerprint density at radius 2 is 2.12 bits per heavy atom. The highest BCUT2D eigenvalue weighted by Crippen LogP contribution is 2.25. The Balaban J connectivity index is 1.61. The van der Waals surface area contributed by atoms with Crippen LogP contribution in [0.2, 0.25) is 10.0 Å². The van der Waals surface area contributed by atoms with Crippen LogP contribution in [-0.4, -0.2) is 55.0 Å². The largest absolute Gasteiger partial charge is 0.378 e. The number of aliphatic imine (C=N–C) groups is 1. The van der Waals surface area contributed by atoms with Crippen LogP contribution in [0.4, 0.5) is 5.69 Å². The van der Waals surface area contributed by atoms with Crippen molar-refractivity contribution in [1.82, 2.24) is 10.2 Å². The van der Waals surface area contributed by atoms with E-state index in [1.807, 2.05) is 4.90 Å². The number of nitrogens with one attached hydrogen (secondary N) is 2. The van der Waals surface area contributed by atoms with E-state index >= 15 is 0 Å². The molecule has 1 saturated heterocycles. The second kappa shape index (κ2) is 7.38. The summed E-state index contributed by atoms with van der Waals surface area (Å²) in [5.41, 5.74) is 0.446. The van der Waals surface area contributed by atoms with Gasteiger partial charge in [-0.1, -0.05) is 23.2 Å². The number of amides is 2. The van der Waals surface area contributed by atoms with E-state index in [1.165, 1.54) is 6.07 Å². The van der Waals surface area contributed by atoms with Crippen molar-refractivity contribution in [2.24, 2.45) is 4.99 Å². The molecule has 1 aromatic rings. The minimum atomic E-state index is -0.742. The van der Waals surface area contributed by atoms with E-state index < -0.39 is 6.04 Å². The van der Waals surface area contributed by atoms with Gasteiger partial charge in [0, 0.05) is 18.1 Å². The van der Waals surface area contributed by atoms with Crippen LogP contribution >= 0.6 is 23.2 Å². The first-order chi connectivity index (χ1) is 11.5. The number of benzene rings is 1. The zero-order valence-corrected chi connectivity index (χ0v) is 14.2. The molecule has 2 N–H and O–H groups in total. The minimum Gasteiger partial charge on any atom is -0.378 e. The van der Waals surface area contributed by atoms with Gasteiger partial charge in [0.25, 0.3) is 5.91 Å². The van der Waals surface area contributed by atoms with Gasteiger partial charge in [-0.05, 0) is 18.2 Å². The Hall–Kier alpha value is -1.83. The first-order valence-corrected chi connectivity index (χ1v) is 8.25. The summed E-state index contributed by atoms with van der Waals surface area (Å²) >= 11 is 11.8. The van der Waals surface area contributed by atoms with Gasteiger partial charge in [-0.15, -0.1) is 0 Å². The summed E-state index contributed by atoms with van der Waals surface area (Å²) in [7, 11) is 0. The third-order valence-electron chi connectivity index (χ3n) is 3.71. The third-order valence-corrected chi connectivity index (χ3v) is 4.26. The van der Waals surface area contributed by atoms with Gasteiger partial charge < -0.3 is 15.0 Å². The predicted molar refractivity (Wildman–Crippen MR) is 91.5 cm³/mol. The summed E-state index contributed by atoms with van der Waals surface area (Å²) in [5, 5.41) is 6.20. The fourth-order valence-electron chi connectivity index (χ4n) is 2.47. The van der Waals surface area contributed by atoms with Gasteiger partial charge in [0.15, 0.2) is 0 Å². The third kappa shape index (κ3) is 3.98. The number of rotatable bonds is 3. The number of halogens is 2. The molecule has 1 atom stereocenters. The topological polar surface area (TPSA) is 83.0 Å². The molecule has 0 aliphatic carbocycles. The molecule has 2 aliphatic heterocycles. The SMILES string of the molecule is O=C(C[C@@H]1N=C(N2CCOCC2)NC1=O)Nc1ccc(Cl)cc1Cl. The average molecular weight is 371 g/mol. The molecule has 0 bridgehead atoms. The first kappa shape index (κ1) is 17.0. The van der Waals surface area contributed by atoms with Gasteiger partial charge in [0.2, 0.25) is 11.9 Å². The zero-order valence-electron chi connectivity index (χ0n) is 12.7. The van der Waals surface area contributed by atoms with E-state index in [-0.39, 0.29) is 18.2 Å². The fourth-order valence-corrected chi connectivity index (χ4v) is 2.93. The van der Waals surface area contributed by atoms with Gasteiger partial charge in [-0.3, -0.25) is 14.9 Å². The van der Waals surface area contributed by atoms with Gasteiger partial charge in [0.1, 0.15) is 6.04 Å². The number of carbonyl (C=O) groups excluding carboxylic acids is 2. The molecule has 0 spiro atoms. The van der Waals surface area contributed by atoms with E-state index in [0.29, 0.717) is 48.0 Å². The molecular weight excluding hydrogens is 355 g/mol. The number of morpholine rings is 1. The average Bonchev–Trinajstić information content (AvgIpc) is 2.92. The summed E-state index contributed by atoms with van der Waals surface area (Å²) in [4.78, 5) is 30.4. The zero-order chi connectivity index (χ0) is 17.1. The lowest BCUT2D eigenvalue weighted by molar-refractivity contribution is -0.124. The number of nitrogens with zero attached hydrogens (tertiary/aromatic N) is 2. The Morgan fingerprint density at radius 3 is 2.83 bits per heavy atom. The molecule has 0 saturated carbocycles. The molecule has 1 fully saturated rings. The first-order valence-electron chi connectivity index (χ1n) is 7.49. The van der Waals surface area contributed by atoms with E-state index in [2.05, 4.69) is 15.6 Å². The molecule has 2 aliphatic rings. The molecule has 9 heteroatoms. The lowest BCUT2D eigenvalue weighted by atomic mass is 10.2. The maximum Gasteiger partial charge on any atom is 0.252 e. The van der Waals surface area contributed by atoms with Crippen LogP contribution < -0.4 is 10.6 Å². The van der Waals surface area contributed by atoms with Crippen molar-refractivity contribution in [1.29, 1.82) is 0 Å². The second-order valence-electron chi connectivity index (χ2n) is 5.43. The quantitative estimate of drug-likeness (QED) is 0.844. The number of ether oxygens (including phenoxy) is 1. The van der Waals surface area contributed by atoms with Crippen molar-refractivity contribution in [2.45, 2.75) is 12.5 Å². The van der Waals surface area contributed by atoms with Crippen LogP contribution in [0.25, 0.3) is 0 Å². The molecule has 1 aromatic carbocycles. The summed E-state index contributed by atoms with van der Waals surface area (Å²) in [6.45, 7) is 2.51. The number of hydrogen-bond acceptors (Lipinski definition) is 5. The van der Waals surface area contributed by atoms with Crippen LogP contribution in [0.3, 0.4) is 0 Å². The van der Waals surface area contributed by atoms with Gasteiger partial charge in [-0.25, -0.2) is 4.99 Å². The lowest BCUT2D eigenvalue weighted by Gasteiger charge is -2.27. The van der Waals surface area contributed by atoms with Crippen LogP contribution in [0.5, 0.6) is 0 Å². The van der Waals surface area contributed by atoms with Crippen molar-refractivity contribution in [3.8, 4) is 0 Å². The predicted octanol–water partition coefficient (Wildman–Crippen LogP) is 1.51. The van der Waals surface area contributed by atoms with Crippen molar-refractivity contribution >= 4 is 46.7 Å². The van der Waals surface area contributed by atoms with E-state index in [9.17, 15) is 9.59 Å². The summed E-state index contributed by atoms with van der Waals surface area (Å²) in [5.74, 6) is -0.120. The number of hydrogen-bond donors (Lipinski definition) is 2. The van der Waals surface area contributed by atoms with E-state index in [4.69, 9.17) is 27.9 Å². The van der Waals surface area contributed by atoms with Crippen LogP contribution in [0.15, 0.2) is 23.2 Å². The Bertz CT molecular complexity index is 689. The van der Waals surface area contributed by atoms with Crippen molar-refractivity contribution in [3.05, 3.63) is 28.2 Å². The molecule has 24 heavy (non-hydrogen) atoms. The Kier molecular flexibility index (Phi) is 5.23. The van der Waals surface area contributed by atoms with Crippen molar-refractivity contribution in [3.63, 3.8) is 0 Å². The monoisotopic (exact) mass is 370 g/mol.